The van der Waals surface area contributed by atoms with Gasteiger partial charge in [0.15, 0.2) is 0 Å². The number of nitrogens with two attached hydrogens (primary N) is 1. The van der Waals surface area contributed by atoms with E-state index in [4.69, 9.17) is 5.73 Å². The Morgan fingerprint density at radius 2 is 1.73 bits per heavy atom. The number of nitrogens with zero attached hydrogens (tertiary/aromatic N) is 2. The molecule has 86 valence electrons. The van der Waals surface area contributed by atoms with E-state index in [0.29, 0.717) is 0 Å². The van der Waals surface area contributed by atoms with Crippen LogP contribution in [0.1, 0.15) is 26.7 Å². The third kappa shape index (κ3) is 2.16. The molecule has 1 amide bonds. The highest BCUT2D eigenvalue weighted by atomic mass is 16.1. The van der Waals surface area contributed by atoms with Gasteiger partial charge in [-0.1, -0.05) is 0 Å². The molecule has 2 rings (SSSR count). The molecular formula is C11H21N3O. The van der Waals surface area contributed by atoms with Gasteiger partial charge in [0.2, 0.25) is 5.91 Å². The molecule has 1 aliphatic carbocycles. The van der Waals surface area contributed by atoms with Crippen molar-refractivity contribution in [1.29, 1.82) is 0 Å². The van der Waals surface area contributed by atoms with E-state index in [1.165, 1.54) is 12.8 Å². The quantitative estimate of drug-likeness (QED) is 0.716. The molecule has 4 nitrogen and oxygen atoms in total. The maximum absolute atomic E-state index is 11.3. The molecule has 0 unspecified atom stereocenters. The standard InChI is InChI=1S/C11H21N3O/c1-11(2,10(12)15)14-7-5-13(6-8-14)9-3-4-9/h9H,3-8H2,1-2H3,(H2,12,15). The smallest absolute Gasteiger partial charge is 0.237 e. The molecule has 1 saturated heterocycles. The van der Waals surface area contributed by atoms with Gasteiger partial charge in [0.1, 0.15) is 0 Å². The largest absolute Gasteiger partial charge is 0.368 e. The number of hydrogen-bond donors (Lipinski definition) is 1. The summed E-state index contributed by atoms with van der Waals surface area (Å²) in [6, 6.07) is 0.837. The topological polar surface area (TPSA) is 49.6 Å². The number of carbonyl (C=O) groups is 1. The zero-order valence-corrected chi connectivity index (χ0v) is 9.70. The molecular weight excluding hydrogens is 190 g/mol. The molecule has 2 N–H and O–H groups in total. The summed E-state index contributed by atoms with van der Waals surface area (Å²) in [5.74, 6) is -0.220. The first kappa shape index (κ1) is 10.9. The SMILES string of the molecule is CC(C)(C(N)=O)N1CCN(C2CC2)CC1. The molecule has 1 saturated carbocycles. The van der Waals surface area contributed by atoms with Crippen LogP contribution in [0.2, 0.25) is 0 Å². The highest BCUT2D eigenvalue weighted by Crippen LogP contribution is 2.28. The van der Waals surface area contributed by atoms with Crippen molar-refractivity contribution < 1.29 is 4.79 Å². The number of carbonyl (C=O) groups excluding carboxylic acids is 1. The Balaban J connectivity index is 1.89. The third-order valence-corrected chi connectivity index (χ3v) is 3.77. The van der Waals surface area contributed by atoms with Crippen LogP contribution >= 0.6 is 0 Å². The maximum atomic E-state index is 11.3. The van der Waals surface area contributed by atoms with Gasteiger partial charge in [-0.3, -0.25) is 14.6 Å². The van der Waals surface area contributed by atoms with E-state index in [9.17, 15) is 4.79 Å². The molecule has 0 atom stereocenters. The number of piperazine rings is 1. The number of rotatable bonds is 3. The fraction of sp³-hybridized carbons (Fsp3) is 0.909. The lowest BCUT2D eigenvalue weighted by atomic mass is 10.0. The summed E-state index contributed by atoms with van der Waals surface area (Å²) >= 11 is 0. The van der Waals surface area contributed by atoms with Gasteiger partial charge < -0.3 is 5.73 Å². The number of amides is 1. The first-order chi connectivity index (χ1) is 7.01. The Labute approximate surface area is 91.4 Å². The predicted octanol–water partition coefficient (Wildman–Crippen LogP) is 0.0303. The van der Waals surface area contributed by atoms with Crippen molar-refractivity contribution in [2.45, 2.75) is 38.3 Å². The summed E-state index contributed by atoms with van der Waals surface area (Å²) in [7, 11) is 0. The van der Waals surface area contributed by atoms with Gasteiger partial charge in [-0.15, -0.1) is 0 Å². The van der Waals surface area contributed by atoms with Crippen molar-refractivity contribution in [3.8, 4) is 0 Å². The molecule has 15 heavy (non-hydrogen) atoms. The summed E-state index contributed by atoms with van der Waals surface area (Å²) in [4.78, 5) is 16.1. The van der Waals surface area contributed by atoms with Crippen LogP contribution in [0.3, 0.4) is 0 Å². The van der Waals surface area contributed by atoms with E-state index in [0.717, 1.165) is 32.2 Å². The van der Waals surface area contributed by atoms with Gasteiger partial charge in [-0.05, 0) is 26.7 Å². The monoisotopic (exact) mass is 211 g/mol. The van der Waals surface area contributed by atoms with Crippen LogP contribution in [-0.2, 0) is 4.79 Å². The summed E-state index contributed by atoms with van der Waals surface area (Å²) in [5.41, 5.74) is 4.92. The lowest BCUT2D eigenvalue weighted by Crippen LogP contribution is -2.59. The number of hydrogen-bond acceptors (Lipinski definition) is 3. The van der Waals surface area contributed by atoms with Gasteiger partial charge >= 0.3 is 0 Å². The van der Waals surface area contributed by atoms with E-state index >= 15 is 0 Å². The minimum absolute atomic E-state index is 0.220. The van der Waals surface area contributed by atoms with Crippen LogP contribution in [0, 0.1) is 0 Å². The Morgan fingerprint density at radius 1 is 1.20 bits per heavy atom. The predicted molar refractivity (Wildman–Crippen MR) is 59.4 cm³/mol. The van der Waals surface area contributed by atoms with Crippen LogP contribution in [0.25, 0.3) is 0 Å². The van der Waals surface area contributed by atoms with Crippen molar-refractivity contribution in [1.82, 2.24) is 9.80 Å². The summed E-state index contributed by atoms with van der Waals surface area (Å²) in [6.07, 6.45) is 2.72. The second kappa shape index (κ2) is 3.76. The van der Waals surface area contributed by atoms with Gasteiger partial charge in [-0.25, -0.2) is 0 Å². The normalized spacial score (nSPS) is 25.5. The first-order valence-electron chi connectivity index (χ1n) is 5.81. The second-order valence-electron chi connectivity index (χ2n) is 5.18. The highest BCUT2D eigenvalue weighted by Gasteiger charge is 2.37. The third-order valence-electron chi connectivity index (χ3n) is 3.77. The molecule has 2 fully saturated rings. The molecule has 0 spiro atoms. The average Bonchev–Trinajstić information content (AvgIpc) is 3.01. The Morgan fingerprint density at radius 3 is 2.13 bits per heavy atom. The zero-order chi connectivity index (χ0) is 11.1. The fourth-order valence-electron chi connectivity index (χ4n) is 2.24. The van der Waals surface area contributed by atoms with Gasteiger partial charge in [0.05, 0.1) is 5.54 Å². The maximum Gasteiger partial charge on any atom is 0.237 e. The van der Waals surface area contributed by atoms with Crippen LogP contribution in [0.4, 0.5) is 0 Å². The van der Waals surface area contributed by atoms with Crippen molar-refractivity contribution in [2.75, 3.05) is 26.2 Å². The molecule has 4 heteroatoms. The molecule has 0 aromatic carbocycles. The van der Waals surface area contributed by atoms with Crippen molar-refractivity contribution in [3.63, 3.8) is 0 Å². The first-order valence-corrected chi connectivity index (χ1v) is 5.81. The van der Waals surface area contributed by atoms with Crippen molar-refractivity contribution in [3.05, 3.63) is 0 Å². The van der Waals surface area contributed by atoms with E-state index in [1.54, 1.807) is 0 Å². The highest BCUT2D eigenvalue weighted by molar-refractivity contribution is 5.83. The second-order valence-corrected chi connectivity index (χ2v) is 5.18. The molecule has 0 bridgehead atoms. The minimum atomic E-state index is -0.490. The number of primary amides is 1. The lowest BCUT2D eigenvalue weighted by molar-refractivity contribution is -0.129. The van der Waals surface area contributed by atoms with Crippen molar-refractivity contribution >= 4 is 5.91 Å². The molecule has 2 aliphatic rings. The molecule has 1 heterocycles. The molecule has 0 aromatic heterocycles. The Bertz CT molecular complexity index is 253. The summed E-state index contributed by atoms with van der Waals surface area (Å²) in [5, 5.41) is 0. The van der Waals surface area contributed by atoms with E-state index in [2.05, 4.69) is 9.80 Å². The van der Waals surface area contributed by atoms with Crippen LogP contribution in [0.15, 0.2) is 0 Å². The zero-order valence-electron chi connectivity index (χ0n) is 9.70. The van der Waals surface area contributed by atoms with Crippen molar-refractivity contribution in [2.24, 2.45) is 5.73 Å². The molecule has 1 aliphatic heterocycles. The van der Waals surface area contributed by atoms with E-state index in [1.807, 2.05) is 13.8 Å². The summed E-state index contributed by atoms with van der Waals surface area (Å²) in [6.45, 7) is 7.94. The van der Waals surface area contributed by atoms with Gasteiger partial charge in [0, 0.05) is 32.2 Å². The Kier molecular flexibility index (Phi) is 2.73. The lowest BCUT2D eigenvalue weighted by Gasteiger charge is -2.42. The van der Waals surface area contributed by atoms with Crippen LogP contribution < -0.4 is 5.73 Å². The Hall–Kier alpha value is -0.610. The fourth-order valence-corrected chi connectivity index (χ4v) is 2.24. The van der Waals surface area contributed by atoms with E-state index in [-0.39, 0.29) is 5.91 Å². The van der Waals surface area contributed by atoms with E-state index < -0.39 is 5.54 Å². The summed E-state index contributed by atoms with van der Waals surface area (Å²) < 4.78 is 0. The van der Waals surface area contributed by atoms with Gasteiger partial charge in [0.25, 0.3) is 0 Å². The molecule has 0 radical (unpaired) electrons. The molecule has 0 aromatic rings. The minimum Gasteiger partial charge on any atom is -0.368 e. The average molecular weight is 211 g/mol. The van der Waals surface area contributed by atoms with Crippen LogP contribution in [-0.4, -0.2) is 53.5 Å². The van der Waals surface area contributed by atoms with Gasteiger partial charge in [-0.2, -0.15) is 0 Å². The van der Waals surface area contributed by atoms with Crippen LogP contribution in [0.5, 0.6) is 0 Å².